The maximum absolute atomic E-state index is 6.38. The Labute approximate surface area is 436 Å². The van der Waals surface area contributed by atoms with Crippen LogP contribution in [0.5, 0.6) is 0 Å². The molecule has 376 valence electrons. The van der Waals surface area contributed by atoms with Crippen molar-refractivity contribution in [2.24, 2.45) is 21.7 Å². The lowest BCUT2D eigenvalue weighted by atomic mass is 9.49. The van der Waals surface area contributed by atoms with Gasteiger partial charge in [-0.2, -0.15) is 0 Å². The first-order chi connectivity index (χ1) is 34.2. The average Bonchev–Trinajstić information content (AvgIpc) is 4.19. The predicted octanol–water partition coefficient (Wildman–Crippen LogP) is 18.4. The van der Waals surface area contributed by atoms with Gasteiger partial charge in [-0.3, -0.25) is 0 Å². The summed E-state index contributed by atoms with van der Waals surface area (Å²) in [4.78, 5) is 21.6. The van der Waals surface area contributed by atoms with Crippen LogP contribution in [0, 0.1) is 42.4 Å². The Bertz CT molecular complexity index is 3810. The highest BCUT2D eigenvalue weighted by atomic mass is 14.9. The summed E-state index contributed by atoms with van der Waals surface area (Å²) in [5.74, 6) is 0. The third-order valence-corrected chi connectivity index (χ3v) is 25.4. The summed E-state index contributed by atoms with van der Waals surface area (Å²) in [5.41, 5.74) is 39.6. The van der Waals surface area contributed by atoms with Crippen LogP contribution in [-0.2, 0) is 21.7 Å². The van der Waals surface area contributed by atoms with Crippen LogP contribution in [0.25, 0.3) is 55.5 Å². The van der Waals surface area contributed by atoms with Crippen molar-refractivity contribution in [3.63, 3.8) is 0 Å². The Kier molecular flexibility index (Phi) is 8.51. The fraction of sp³-hybridized carbons (Fsp3) is 0.507. The second-order valence-corrected chi connectivity index (χ2v) is 27.6. The van der Waals surface area contributed by atoms with E-state index in [0.29, 0.717) is 0 Å². The highest BCUT2D eigenvalue weighted by Crippen LogP contribution is 2.72. The molecular weight excluding hydrogens is 885 g/mol. The molecule has 14 aliphatic rings. The number of rotatable bonds is 1. The van der Waals surface area contributed by atoms with Gasteiger partial charge in [-0.25, -0.2) is 9.97 Å². The largest absolute Gasteiger partial charge is 0.354 e. The molecule has 16 bridgehead atoms. The molecule has 0 amide bonds. The number of aromatic amines is 2. The molecule has 0 radical (unpaired) electrons. The normalized spacial score (nSPS) is 35.5. The summed E-state index contributed by atoms with van der Waals surface area (Å²) in [6.07, 6.45) is 9.06. The molecule has 0 saturated heterocycles. The van der Waals surface area contributed by atoms with E-state index in [1.165, 1.54) is 128 Å². The van der Waals surface area contributed by atoms with Crippen molar-refractivity contribution in [2.75, 3.05) is 0 Å². The van der Waals surface area contributed by atoms with Gasteiger partial charge in [-0.1, -0.05) is 130 Å². The fourth-order valence-corrected chi connectivity index (χ4v) is 19.0. The second kappa shape index (κ2) is 13.4. The van der Waals surface area contributed by atoms with E-state index in [-0.39, 0.29) is 43.3 Å². The van der Waals surface area contributed by atoms with Crippen LogP contribution in [0.1, 0.15) is 224 Å². The fourth-order valence-electron chi connectivity index (χ4n) is 19.0. The van der Waals surface area contributed by atoms with Crippen molar-refractivity contribution in [3.05, 3.63) is 137 Å². The minimum Gasteiger partial charge on any atom is -0.354 e. The smallest absolute Gasteiger partial charge is 0.0781 e. The number of fused-ring (bicyclic) bond motifs is 12. The maximum Gasteiger partial charge on any atom is 0.0781 e. The Hall–Kier alpha value is -5.22. The Balaban J connectivity index is 1.30. The zero-order chi connectivity index (χ0) is 51.8. The molecule has 73 heavy (non-hydrogen) atoms. The van der Waals surface area contributed by atoms with Gasteiger partial charge in [0.1, 0.15) is 0 Å². The number of hydrogen-bond acceptors (Lipinski definition) is 2. The van der Waals surface area contributed by atoms with E-state index < -0.39 is 0 Å². The van der Waals surface area contributed by atoms with Gasteiger partial charge in [0, 0.05) is 65.4 Å². The topological polar surface area (TPSA) is 57.4 Å². The Morgan fingerprint density at radius 2 is 0.562 bits per heavy atom. The minimum atomic E-state index is -0.164. The Morgan fingerprint density at radius 1 is 0.315 bits per heavy atom. The quantitative estimate of drug-likeness (QED) is 0.187. The predicted molar refractivity (Wildman–Crippen MR) is 307 cm³/mol. The van der Waals surface area contributed by atoms with Gasteiger partial charge in [0.25, 0.3) is 0 Å². The monoisotopic (exact) mass is 965 g/mol. The van der Waals surface area contributed by atoms with Crippen LogP contribution in [0.2, 0.25) is 0 Å². The number of aromatic nitrogens is 4. The minimum absolute atomic E-state index is 0.106. The van der Waals surface area contributed by atoms with Crippen molar-refractivity contribution >= 4 is 44.4 Å². The van der Waals surface area contributed by atoms with Gasteiger partial charge in [0.05, 0.1) is 28.3 Å². The first-order valence-corrected chi connectivity index (χ1v) is 28.4. The van der Waals surface area contributed by atoms with Gasteiger partial charge in [-0.05, 0) is 194 Å². The lowest BCUT2D eigenvalue weighted by Gasteiger charge is -2.53. The zero-order valence-corrected chi connectivity index (χ0v) is 47.9. The number of aryl methyl sites for hydroxylation is 3. The van der Waals surface area contributed by atoms with Crippen molar-refractivity contribution < 1.29 is 0 Å². The number of hydrogen-bond donors (Lipinski definition) is 2. The van der Waals surface area contributed by atoms with Crippen LogP contribution < -0.4 is 0 Å². The molecule has 4 nitrogen and oxygen atoms in total. The summed E-state index contributed by atoms with van der Waals surface area (Å²) in [7, 11) is 0. The molecule has 0 spiro atoms. The highest BCUT2D eigenvalue weighted by molar-refractivity contribution is 6.10. The van der Waals surface area contributed by atoms with E-state index in [2.05, 4.69) is 172 Å². The van der Waals surface area contributed by atoms with Gasteiger partial charge >= 0.3 is 0 Å². The van der Waals surface area contributed by atoms with Crippen LogP contribution in [0.4, 0.5) is 0 Å². The summed E-state index contributed by atoms with van der Waals surface area (Å²) in [6, 6.07) is 11.5. The first-order valence-electron chi connectivity index (χ1n) is 28.4. The first kappa shape index (κ1) is 46.3. The van der Waals surface area contributed by atoms with E-state index in [1.54, 1.807) is 33.4 Å². The van der Waals surface area contributed by atoms with Crippen molar-refractivity contribution in [3.8, 4) is 11.1 Å². The molecule has 8 atom stereocenters. The number of H-pyrrole nitrogens is 2. The second-order valence-electron chi connectivity index (χ2n) is 27.6. The van der Waals surface area contributed by atoms with E-state index in [1.807, 2.05) is 0 Å². The molecular formula is C69H80N4. The van der Waals surface area contributed by atoms with Crippen LogP contribution in [0.15, 0.2) is 74.9 Å². The van der Waals surface area contributed by atoms with E-state index in [4.69, 9.17) is 9.97 Å². The lowest BCUT2D eigenvalue weighted by molar-refractivity contribution is 0.311. The molecule has 4 heteroatoms. The molecule has 4 aromatic rings. The summed E-state index contributed by atoms with van der Waals surface area (Å²) in [6.45, 7) is 47.6. The lowest BCUT2D eigenvalue weighted by Crippen LogP contribution is -2.45. The Morgan fingerprint density at radius 3 is 0.890 bits per heavy atom. The highest BCUT2D eigenvalue weighted by Gasteiger charge is 2.60. The molecule has 0 saturated carbocycles. The molecule has 1 aromatic carbocycles. The van der Waals surface area contributed by atoms with Crippen LogP contribution >= 0.6 is 0 Å². The van der Waals surface area contributed by atoms with Gasteiger partial charge < -0.3 is 9.97 Å². The summed E-state index contributed by atoms with van der Waals surface area (Å²) < 4.78 is 0. The molecule has 2 N–H and O–H groups in total. The number of nitrogens with one attached hydrogen (secondary N) is 2. The van der Waals surface area contributed by atoms with E-state index in [0.717, 1.165) is 51.4 Å². The number of nitrogens with zero attached hydrogens (tertiary/aromatic N) is 2. The van der Waals surface area contributed by atoms with Crippen LogP contribution in [0.3, 0.4) is 0 Å². The standard InChI is InChI=1S/C69H80N4/c1-33-54-46-48(64(14)27-25-62(46,12)36(4)38(64)6)56(70-54)34(2)58-50-52(68(18)31-29-66(50,16)40(8)42(68)10)60(72-58)45(44-23-21-20-22-24-44)61-53-51(67(17)30-32-69(53,19)43(11)41(67)9)59(73-61)35(3)57-49-47(55(33)71-57)63(13)26-28-65(49,15)39(7)37(63)5/h20-24,70,73H,25-32H2,1-19H3. The van der Waals surface area contributed by atoms with E-state index >= 15 is 0 Å². The van der Waals surface area contributed by atoms with Gasteiger partial charge in [0.2, 0.25) is 0 Å². The molecule has 12 aliphatic carbocycles. The maximum atomic E-state index is 6.38. The van der Waals surface area contributed by atoms with E-state index in [9.17, 15) is 0 Å². The molecule has 0 fully saturated rings. The van der Waals surface area contributed by atoms with Crippen LogP contribution in [-0.4, -0.2) is 19.9 Å². The van der Waals surface area contributed by atoms with Crippen molar-refractivity contribution in [2.45, 2.75) is 205 Å². The number of benzene rings is 1. The zero-order valence-electron chi connectivity index (χ0n) is 47.9. The van der Waals surface area contributed by atoms with Gasteiger partial charge in [0.15, 0.2) is 0 Å². The summed E-state index contributed by atoms with van der Waals surface area (Å²) in [5, 5.41) is 0. The SMILES string of the molecule is CC1=C(C)C2(C)CCC1(C)C1=C2c2nc1c(C)c1[nH]c(c(C)c3nc(c(-c4ccccc4)c4[nH]c(c2C)c2c4C4(C)CCC2(C)C(C)=C4C)C2=C3C3(C)CCC2(C)C(C)=C3C)c2c1C1(C)CCC2(C)C(C)=C1C. The third-order valence-electron chi connectivity index (χ3n) is 25.4. The summed E-state index contributed by atoms with van der Waals surface area (Å²) >= 11 is 0. The molecule has 3 aromatic heterocycles. The molecule has 2 aliphatic heterocycles. The van der Waals surface area contributed by atoms with Crippen molar-refractivity contribution in [1.29, 1.82) is 0 Å². The number of allylic oxidation sites excluding steroid dienone is 12. The molecule has 5 heterocycles. The van der Waals surface area contributed by atoms with Gasteiger partial charge in [-0.15, -0.1) is 0 Å². The van der Waals surface area contributed by atoms with Crippen molar-refractivity contribution in [1.82, 2.24) is 19.9 Å². The third kappa shape index (κ3) is 4.75. The average molecular weight is 965 g/mol. The molecule has 18 rings (SSSR count). The molecule has 8 unspecified atom stereocenters.